The first kappa shape index (κ1) is 10.8. The number of aliphatic hydroxyl groups is 2. The highest BCUT2D eigenvalue weighted by Crippen LogP contribution is 2.72. The average molecular weight is 236 g/mol. The SMILES string of the molecule is CC1(CO)CC2CC1C1C3CC(CO)C(C3)C21. The molecule has 0 aromatic heterocycles. The minimum atomic E-state index is 0.227. The highest BCUT2D eigenvalue weighted by molar-refractivity contribution is 5.15. The maximum absolute atomic E-state index is 9.70. The molecule has 0 aromatic carbocycles. The fourth-order valence-corrected chi connectivity index (χ4v) is 6.60. The molecule has 4 bridgehead atoms. The standard InChI is InChI=1S/C15H24O2/c1-15(7-17)5-9-4-12(15)14-8-2-10(6-16)11(3-8)13(9)14/h8-14,16-17H,2-7H2,1H3. The molecule has 4 rings (SSSR count). The molecular weight excluding hydrogens is 212 g/mol. The molecule has 96 valence electrons. The predicted octanol–water partition coefficient (Wildman–Crippen LogP) is 1.91. The third kappa shape index (κ3) is 1.14. The summed E-state index contributed by atoms with van der Waals surface area (Å²) < 4.78 is 0. The zero-order valence-electron chi connectivity index (χ0n) is 10.7. The maximum Gasteiger partial charge on any atom is 0.0487 e. The van der Waals surface area contributed by atoms with Crippen LogP contribution in [-0.2, 0) is 0 Å². The van der Waals surface area contributed by atoms with Crippen molar-refractivity contribution in [3.8, 4) is 0 Å². The summed E-state index contributed by atoms with van der Waals surface area (Å²) in [6.45, 7) is 3.11. The van der Waals surface area contributed by atoms with Crippen molar-refractivity contribution in [2.75, 3.05) is 13.2 Å². The van der Waals surface area contributed by atoms with Crippen LogP contribution in [0.2, 0.25) is 0 Å². The highest BCUT2D eigenvalue weighted by Gasteiger charge is 2.66. The second kappa shape index (κ2) is 3.27. The van der Waals surface area contributed by atoms with E-state index in [0.29, 0.717) is 19.1 Å². The Morgan fingerprint density at radius 3 is 2.59 bits per heavy atom. The Balaban J connectivity index is 1.65. The van der Waals surface area contributed by atoms with Gasteiger partial charge in [-0.3, -0.25) is 0 Å². The molecule has 4 aliphatic rings. The summed E-state index contributed by atoms with van der Waals surface area (Å²) in [7, 11) is 0. The normalized spacial score (nSPS) is 63.4. The molecule has 2 nitrogen and oxygen atoms in total. The Bertz CT molecular complexity index is 342. The first-order valence-electron chi connectivity index (χ1n) is 7.39. The van der Waals surface area contributed by atoms with E-state index in [1.54, 1.807) is 0 Å². The van der Waals surface area contributed by atoms with Crippen molar-refractivity contribution in [1.82, 2.24) is 0 Å². The first-order chi connectivity index (χ1) is 8.18. The predicted molar refractivity (Wildman–Crippen MR) is 65.2 cm³/mol. The Hall–Kier alpha value is -0.0800. The van der Waals surface area contributed by atoms with Gasteiger partial charge < -0.3 is 10.2 Å². The van der Waals surface area contributed by atoms with Gasteiger partial charge in [0, 0.05) is 13.2 Å². The summed E-state index contributed by atoms with van der Waals surface area (Å²) in [6.07, 6.45) is 5.27. The monoisotopic (exact) mass is 236 g/mol. The van der Waals surface area contributed by atoms with E-state index in [1.807, 2.05) is 0 Å². The molecule has 0 heterocycles. The van der Waals surface area contributed by atoms with Gasteiger partial charge in [-0.05, 0) is 72.5 Å². The average Bonchev–Trinajstić information content (AvgIpc) is 3.03. The van der Waals surface area contributed by atoms with Crippen molar-refractivity contribution in [2.45, 2.75) is 32.6 Å². The Morgan fingerprint density at radius 1 is 1.06 bits per heavy atom. The van der Waals surface area contributed by atoms with Crippen LogP contribution in [0.5, 0.6) is 0 Å². The van der Waals surface area contributed by atoms with E-state index in [-0.39, 0.29) is 5.41 Å². The molecule has 2 N–H and O–H groups in total. The van der Waals surface area contributed by atoms with E-state index in [0.717, 1.165) is 35.5 Å². The van der Waals surface area contributed by atoms with Crippen LogP contribution < -0.4 is 0 Å². The lowest BCUT2D eigenvalue weighted by atomic mass is 9.60. The van der Waals surface area contributed by atoms with Crippen molar-refractivity contribution >= 4 is 0 Å². The zero-order chi connectivity index (χ0) is 11.8. The lowest BCUT2D eigenvalue weighted by Gasteiger charge is -2.45. The molecule has 0 radical (unpaired) electrons. The van der Waals surface area contributed by atoms with Gasteiger partial charge in [-0.25, -0.2) is 0 Å². The van der Waals surface area contributed by atoms with E-state index in [2.05, 4.69) is 6.92 Å². The van der Waals surface area contributed by atoms with Gasteiger partial charge in [-0.15, -0.1) is 0 Å². The summed E-state index contributed by atoms with van der Waals surface area (Å²) in [5.74, 6) is 5.79. The third-order valence-corrected chi connectivity index (χ3v) is 7.05. The molecule has 4 aliphatic carbocycles. The molecule has 0 aliphatic heterocycles. The van der Waals surface area contributed by atoms with Gasteiger partial charge in [-0.2, -0.15) is 0 Å². The molecule has 4 fully saturated rings. The molecule has 0 spiro atoms. The number of hydrogen-bond donors (Lipinski definition) is 2. The van der Waals surface area contributed by atoms with E-state index in [9.17, 15) is 10.2 Å². The van der Waals surface area contributed by atoms with Gasteiger partial charge in [0.2, 0.25) is 0 Å². The van der Waals surface area contributed by atoms with Crippen molar-refractivity contribution in [3.63, 3.8) is 0 Å². The van der Waals surface area contributed by atoms with E-state index in [1.165, 1.54) is 25.7 Å². The summed E-state index contributed by atoms with van der Waals surface area (Å²) in [6, 6.07) is 0. The lowest BCUT2D eigenvalue weighted by molar-refractivity contribution is -0.0129. The summed E-state index contributed by atoms with van der Waals surface area (Å²) in [4.78, 5) is 0. The second-order valence-electron chi connectivity index (χ2n) is 7.61. The van der Waals surface area contributed by atoms with E-state index < -0.39 is 0 Å². The fraction of sp³-hybridized carbons (Fsp3) is 1.00. The van der Waals surface area contributed by atoms with Crippen LogP contribution in [0.1, 0.15) is 32.6 Å². The Kier molecular flexibility index (Phi) is 2.08. The van der Waals surface area contributed by atoms with Gasteiger partial charge in [0.25, 0.3) is 0 Å². The molecule has 2 heteroatoms. The summed E-state index contributed by atoms with van der Waals surface area (Å²) in [5, 5.41) is 19.2. The molecular formula is C15H24O2. The molecule has 0 aromatic rings. The molecule has 0 saturated heterocycles. The van der Waals surface area contributed by atoms with Crippen LogP contribution in [0, 0.1) is 46.8 Å². The second-order valence-corrected chi connectivity index (χ2v) is 7.61. The van der Waals surface area contributed by atoms with Crippen LogP contribution >= 0.6 is 0 Å². The first-order valence-corrected chi connectivity index (χ1v) is 7.39. The fourth-order valence-electron chi connectivity index (χ4n) is 6.60. The summed E-state index contributed by atoms with van der Waals surface area (Å²) in [5.41, 5.74) is 0.227. The lowest BCUT2D eigenvalue weighted by Crippen LogP contribution is -2.42. The van der Waals surface area contributed by atoms with Gasteiger partial charge in [0.15, 0.2) is 0 Å². The smallest absolute Gasteiger partial charge is 0.0487 e. The number of fused-ring (bicyclic) bond motifs is 9. The summed E-state index contributed by atoms with van der Waals surface area (Å²) >= 11 is 0. The Morgan fingerprint density at radius 2 is 1.88 bits per heavy atom. The number of aliphatic hydroxyl groups excluding tert-OH is 2. The van der Waals surface area contributed by atoms with Gasteiger partial charge in [0.05, 0.1) is 0 Å². The van der Waals surface area contributed by atoms with Crippen molar-refractivity contribution in [1.29, 1.82) is 0 Å². The van der Waals surface area contributed by atoms with Crippen LogP contribution in [0.15, 0.2) is 0 Å². The minimum absolute atomic E-state index is 0.227. The minimum Gasteiger partial charge on any atom is -0.396 e. The maximum atomic E-state index is 9.70. The molecule has 4 saturated carbocycles. The third-order valence-electron chi connectivity index (χ3n) is 7.05. The van der Waals surface area contributed by atoms with Crippen LogP contribution in [-0.4, -0.2) is 23.4 Å². The van der Waals surface area contributed by atoms with Crippen molar-refractivity contribution in [3.05, 3.63) is 0 Å². The van der Waals surface area contributed by atoms with E-state index >= 15 is 0 Å². The van der Waals surface area contributed by atoms with Crippen molar-refractivity contribution < 1.29 is 10.2 Å². The number of hydrogen-bond acceptors (Lipinski definition) is 2. The Labute approximate surface area is 103 Å². The number of rotatable bonds is 2. The van der Waals surface area contributed by atoms with Crippen molar-refractivity contribution in [2.24, 2.45) is 46.8 Å². The van der Waals surface area contributed by atoms with Crippen LogP contribution in [0.4, 0.5) is 0 Å². The van der Waals surface area contributed by atoms with Crippen LogP contribution in [0.25, 0.3) is 0 Å². The van der Waals surface area contributed by atoms with Gasteiger partial charge >= 0.3 is 0 Å². The van der Waals surface area contributed by atoms with Gasteiger partial charge in [-0.1, -0.05) is 6.92 Å². The van der Waals surface area contributed by atoms with Crippen LogP contribution in [0.3, 0.4) is 0 Å². The largest absolute Gasteiger partial charge is 0.396 e. The highest BCUT2D eigenvalue weighted by atomic mass is 16.3. The van der Waals surface area contributed by atoms with Gasteiger partial charge in [0.1, 0.15) is 0 Å². The molecule has 17 heavy (non-hydrogen) atoms. The molecule has 8 unspecified atom stereocenters. The molecule has 8 atom stereocenters. The van der Waals surface area contributed by atoms with E-state index in [4.69, 9.17) is 0 Å². The molecule has 0 amide bonds. The topological polar surface area (TPSA) is 40.5 Å². The quantitative estimate of drug-likeness (QED) is 0.719. The zero-order valence-corrected chi connectivity index (χ0v) is 10.7.